The number of esters is 1. The van der Waals surface area contributed by atoms with Gasteiger partial charge in [0.1, 0.15) is 0 Å². The SMILES string of the molecule is C=C(C)C(=O)OCC(=O)c1ccccc1. The lowest BCUT2D eigenvalue weighted by Crippen LogP contribution is -2.14. The summed E-state index contributed by atoms with van der Waals surface area (Å²) in [5, 5.41) is 0. The number of Topliss-reactive ketones (excluding diaryl/α,β-unsaturated/α-hetero) is 1. The molecule has 0 aliphatic rings. The maximum absolute atomic E-state index is 11.5. The average Bonchev–Trinajstić information content (AvgIpc) is 2.26. The van der Waals surface area contributed by atoms with Gasteiger partial charge in [-0.25, -0.2) is 4.79 Å². The van der Waals surface area contributed by atoms with E-state index in [4.69, 9.17) is 4.74 Å². The van der Waals surface area contributed by atoms with Gasteiger partial charge in [0, 0.05) is 11.1 Å². The van der Waals surface area contributed by atoms with Gasteiger partial charge in [0.05, 0.1) is 0 Å². The maximum Gasteiger partial charge on any atom is 0.333 e. The predicted octanol–water partition coefficient (Wildman–Crippen LogP) is 1.99. The Hall–Kier alpha value is -1.90. The molecule has 0 heterocycles. The van der Waals surface area contributed by atoms with E-state index in [0.717, 1.165) is 0 Å². The second-order valence-electron chi connectivity index (χ2n) is 3.15. The molecule has 0 bridgehead atoms. The Morgan fingerprint density at radius 3 is 2.40 bits per heavy atom. The smallest absolute Gasteiger partial charge is 0.333 e. The highest BCUT2D eigenvalue weighted by molar-refractivity contribution is 5.98. The van der Waals surface area contributed by atoms with Crippen molar-refractivity contribution in [1.29, 1.82) is 0 Å². The second kappa shape index (κ2) is 5.10. The van der Waals surface area contributed by atoms with E-state index in [-0.39, 0.29) is 18.0 Å². The molecule has 0 spiro atoms. The Balaban J connectivity index is 2.51. The van der Waals surface area contributed by atoms with E-state index in [9.17, 15) is 9.59 Å². The number of carbonyl (C=O) groups is 2. The summed E-state index contributed by atoms with van der Waals surface area (Å²) in [6.45, 7) is 4.72. The number of hydrogen-bond acceptors (Lipinski definition) is 3. The molecule has 0 radical (unpaired) electrons. The summed E-state index contributed by atoms with van der Waals surface area (Å²) in [7, 11) is 0. The molecule has 1 rings (SSSR count). The minimum atomic E-state index is -0.542. The molecule has 0 amide bonds. The van der Waals surface area contributed by atoms with Crippen LogP contribution in [0, 0.1) is 0 Å². The molecule has 0 aliphatic heterocycles. The molecule has 3 heteroatoms. The van der Waals surface area contributed by atoms with Crippen molar-refractivity contribution in [2.45, 2.75) is 6.92 Å². The van der Waals surface area contributed by atoms with E-state index >= 15 is 0 Å². The van der Waals surface area contributed by atoms with Gasteiger partial charge in [0.15, 0.2) is 12.4 Å². The van der Waals surface area contributed by atoms with Crippen molar-refractivity contribution < 1.29 is 14.3 Å². The fraction of sp³-hybridized carbons (Fsp3) is 0.167. The molecule has 0 unspecified atom stereocenters. The van der Waals surface area contributed by atoms with Gasteiger partial charge in [-0.3, -0.25) is 4.79 Å². The van der Waals surface area contributed by atoms with Gasteiger partial charge in [0.25, 0.3) is 0 Å². The first-order valence-corrected chi connectivity index (χ1v) is 4.52. The minimum absolute atomic E-state index is 0.217. The highest BCUT2D eigenvalue weighted by Gasteiger charge is 2.09. The van der Waals surface area contributed by atoms with E-state index in [1.165, 1.54) is 6.92 Å². The molecule has 1 aromatic rings. The van der Waals surface area contributed by atoms with Gasteiger partial charge in [-0.2, -0.15) is 0 Å². The fourth-order valence-electron chi connectivity index (χ4n) is 0.962. The predicted molar refractivity (Wildman–Crippen MR) is 56.5 cm³/mol. The van der Waals surface area contributed by atoms with E-state index in [1.807, 2.05) is 6.07 Å². The molecule has 1 aromatic carbocycles. The van der Waals surface area contributed by atoms with Crippen LogP contribution in [-0.4, -0.2) is 18.4 Å². The molecule has 0 aliphatic carbocycles. The Morgan fingerprint density at radius 1 is 1.27 bits per heavy atom. The first-order valence-electron chi connectivity index (χ1n) is 4.52. The first-order chi connectivity index (χ1) is 7.11. The topological polar surface area (TPSA) is 43.4 Å². The molecule has 78 valence electrons. The number of carbonyl (C=O) groups excluding carboxylic acids is 2. The standard InChI is InChI=1S/C12H12O3/c1-9(2)12(14)15-8-11(13)10-6-4-3-5-7-10/h3-7H,1,8H2,2H3. The third-order valence-corrected chi connectivity index (χ3v) is 1.78. The molecule has 0 atom stereocenters. The number of benzene rings is 1. The minimum Gasteiger partial charge on any atom is -0.454 e. The Kier molecular flexibility index (Phi) is 3.80. The maximum atomic E-state index is 11.5. The lowest BCUT2D eigenvalue weighted by Gasteiger charge is -2.03. The number of ether oxygens (including phenoxy) is 1. The monoisotopic (exact) mass is 204 g/mol. The van der Waals surface area contributed by atoms with E-state index in [1.54, 1.807) is 24.3 Å². The molecule has 0 N–H and O–H groups in total. The van der Waals surface area contributed by atoms with Crippen LogP contribution in [0.2, 0.25) is 0 Å². The van der Waals surface area contributed by atoms with Crippen molar-refractivity contribution in [3.05, 3.63) is 48.0 Å². The third kappa shape index (κ3) is 3.38. The van der Waals surface area contributed by atoms with Crippen molar-refractivity contribution in [2.75, 3.05) is 6.61 Å². The first kappa shape index (κ1) is 11.2. The van der Waals surface area contributed by atoms with Gasteiger partial charge >= 0.3 is 5.97 Å². The van der Waals surface area contributed by atoms with E-state index in [0.29, 0.717) is 5.56 Å². The third-order valence-electron chi connectivity index (χ3n) is 1.78. The van der Waals surface area contributed by atoms with Gasteiger partial charge in [-0.05, 0) is 6.92 Å². The zero-order chi connectivity index (χ0) is 11.3. The van der Waals surface area contributed by atoms with Crippen LogP contribution < -0.4 is 0 Å². The molecular weight excluding hydrogens is 192 g/mol. The summed E-state index contributed by atoms with van der Waals surface area (Å²) in [5.74, 6) is -0.760. The van der Waals surface area contributed by atoms with Crippen LogP contribution >= 0.6 is 0 Å². The lowest BCUT2D eigenvalue weighted by molar-refractivity contribution is -0.137. The normalized spacial score (nSPS) is 9.40. The largest absolute Gasteiger partial charge is 0.454 e. The van der Waals surface area contributed by atoms with Crippen molar-refractivity contribution in [3.8, 4) is 0 Å². The fourth-order valence-corrected chi connectivity index (χ4v) is 0.962. The highest BCUT2D eigenvalue weighted by atomic mass is 16.5. The zero-order valence-electron chi connectivity index (χ0n) is 8.53. The second-order valence-corrected chi connectivity index (χ2v) is 3.15. The van der Waals surface area contributed by atoms with Gasteiger partial charge in [-0.1, -0.05) is 36.9 Å². The summed E-state index contributed by atoms with van der Waals surface area (Å²) >= 11 is 0. The van der Waals surface area contributed by atoms with Crippen LogP contribution in [-0.2, 0) is 9.53 Å². The van der Waals surface area contributed by atoms with Crippen LogP contribution in [0.5, 0.6) is 0 Å². The quantitative estimate of drug-likeness (QED) is 0.428. The summed E-state index contributed by atoms with van der Waals surface area (Å²) in [4.78, 5) is 22.5. The van der Waals surface area contributed by atoms with Crippen molar-refractivity contribution in [1.82, 2.24) is 0 Å². The number of ketones is 1. The molecule has 0 fully saturated rings. The van der Waals surface area contributed by atoms with E-state index < -0.39 is 5.97 Å². The molecule has 3 nitrogen and oxygen atoms in total. The molecular formula is C12H12O3. The van der Waals surface area contributed by atoms with Crippen LogP contribution in [0.3, 0.4) is 0 Å². The summed E-state index contributed by atoms with van der Waals surface area (Å²) in [5.41, 5.74) is 0.822. The van der Waals surface area contributed by atoms with E-state index in [2.05, 4.69) is 6.58 Å². The van der Waals surface area contributed by atoms with Crippen molar-refractivity contribution in [3.63, 3.8) is 0 Å². The van der Waals surface area contributed by atoms with Crippen molar-refractivity contribution in [2.24, 2.45) is 0 Å². The van der Waals surface area contributed by atoms with Crippen LogP contribution in [0.15, 0.2) is 42.5 Å². The van der Waals surface area contributed by atoms with Crippen LogP contribution in [0.25, 0.3) is 0 Å². The van der Waals surface area contributed by atoms with Crippen LogP contribution in [0.4, 0.5) is 0 Å². The Morgan fingerprint density at radius 2 is 1.87 bits per heavy atom. The average molecular weight is 204 g/mol. The summed E-state index contributed by atoms with van der Waals surface area (Å²) in [6.07, 6.45) is 0. The highest BCUT2D eigenvalue weighted by Crippen LogP contribution is 2.01. The number of hydrogen-bond donors (Lipinski definition) is 0. The lowest BCUT2D eigenvalue weighted by atomic mass is 10.1. The molecule has 15 heavy (non-hydrogen) atoms. The van der Waals surface area contributed by atoms with Crippen molar-refractivity contribution >= 4 is 11.8 Å². The summed E-state index contributed by atoms with van der Waals surface area (Å²) in [6, 6.07) is 8.69. The number of rotatable bonds is 4. The Labute approximate surface area is 88.4 Å². The molecule has 0 saturated carbocycles. The van der Waals surface area contributed by atoms with Gasteiger partial charge in [-0.15, -0.1) is 0 Å². The Bertz CT molecular complexity index is 379. The van der Waals surface area contributed by atoms with Gasteiger partial charge in [0.2, 0.25) is 0 Å². The molecule has 0 saturated heterocycles. The van der Waals surface area contributed by atoms with Crippen LogP contribution in [0.1, 0.15) is 17.3 Å². The summed E-state index contributed by atoms with van der Waals surface area (Å²) < 4.78 is 4.73. The molecule has 0 aromatic heterocycles. The zero-order valence-corrected chi connectivity index (χ0v) is 8.53. The van der Waals surface area contributed by atoms with Gasteiger partial charge < -0.3 is 4.74 Å².